The molecule has 1 aromatic heterocycles. The molecule has 112 valence electrons. The van der Waals surface area contributed by atoms with Crippen molar-refractivity contribution in [2.75, 3.05) is 11.4 Å². The first-order chi connectivity index (χ1) is 10.1. The third kappa shape index (κ3) is 4.45. The number of benzene rings is 1. The van der Waals surface area contributed by atoms with E-state index in [0.717, 1.165) is 35.9 Å². The van der Waals surface area contributed by atoms with Crippen LogP contribution < -0.4 is 10.6 Å². The lowest BCUT2D eigenvalue weighted by molar-refractivity contribution is 0.727. The maximum atomic E-state index is 6.18. The van der Waals surface area contributed by atoms with Crippen LogP contribution in [0.2, 0.25) is 5.02 Å². The summed E-state index contributed by atoms with van der Waals surface area (Å²) < 4.78 is 0. The number of pyridine rings is 1. The second kappa shape index (κ2) is 7.43. The summed E-state index contributed by atoms with van der Waals surface area (Å²) in [6.45, 7) is 5.82. The molecule has 4 heteroatoms. The van der Waals surface area contributed by atoms with Gasteiger partial charge in [-0.1, -0.05) is 23.7 Å². The molecule has 21 heavy (non-hydrogen) atoms. The molecule has 1 heterocycles. The van der Waals surface area contributed by atoms with Crippen molar-refractivity contribution < 1.29 is 0 Å². The summed E-state index contributed by atoms with van der Waals surface area (Å²) in [5.74, 6) is 0. The number of hydrogen-bond donors (Lipinski definition) is 1. The van der Waals surface area contributed by atoms with Gasteiger partial charge in [0.05, 0.1) is 12.2 Å². The summed E-state index contributed by atoms with van der Waals surface area (Å²) in [5.41, 5.74) is 9.38. The average molecular weight is 304 g/mol. The predicted molar refractivity (Wildman–Crippen MR) is 89.8 cm³/mol. The van der Waals surface area contributed by atoms with Gasteiger partial charge in [0, 0.05) is 29.5 Å². The van der Waals surface area contributed by atoms with Gasteiger partial charge in [-0.25, -0.2) is 0 Å². The lowest BCUT2D eigenvalue weighted by atomic mass is 10.0. The number of hydrogen-bond acceptors (Lipinski definition) is 3. The molecule has 0 amide bonds. The molecule has 0 fully saturated rings. The molecule has 0 aliphatic rings. The maximum absolute atomic E-state index is 6.18. The van der Waals surface area contributed by atoms with Crippen molar-refractivity contribution in [3.63, 3.8) is 0 Å². The summed E-state index contributed by atoms with van der Waals surface area (Å²) >= 11 is 6.18. The first-order valence-corrected chi connectivity index (χ1v) is 7.66. The Morgan fingerprint density at radius 1 is 1.29 bits per heavy atom. The molecule has 0 aliphatic carbocycles. The van der Waals surface area contributed by atoms with Crippen molar-refractivity contribution >= 4 is 17.3 Å². The van der Waals surface area contributed by atoms with E-state index in [2.05, 4.69) is 22.9 Å². The highest BCUT2D eigenvalue weighted by molar-refractivity contribution is 6.30. The Morgan fingerprint density at radius 3 is 2.71 bits per heavy atom. The van der Waals surface area contributed by atoms with E-state index in [1.807, 2.05) is 43.5 Å². The molecule has 0 spiro atoms. The van der Waals surface area contributed by atoms with Crippen LogP contribution in [0.25, 0.3) is 0 Å². The minimum absolute atomic E-state index is 0.124. The zero-order valence-corrected chi connectivity index (χ0v) is 13.3. The fraction of sp³-hybridized carbons (Fsp3) is 0.353. The number of nitrogens with zero attached hydrogens (tertiary/aromatic N) is 2. The molecule has 0 saturated carbocycles. The maximum Gasteiger partial charge on any atom is 0.0602 e. The Hall–Kier alpha value is -1.58. The molecule has 0 saturated heterocycles. The van der Waals surface area contributed by atoms with Crippen LogP contribution in [0.4, 0.5) is 5.69 Å². The largest absolute Gasteiger partial charge is 0.366 e. The van der Waals surface area contributed by atoms with Gasteiger partial charge in [0.1, 0.15) is 0 Å². The Kier molecular flexibility index (Phi) is 5.59. The van der Waals surface area contributed by atoms with Crippen molar-refractivity contribution in [1.82, 2.24) is 4.98 Å². The molecule has 0 aliphatic heterocycles. The van der Waals surface area contributed by atoms with Crippen LogP contribution in [0.15, 0.2) is 42.6 Å². The number of aromatic nitrogens is 1. The minimum atomic E-state index is 0.124. The Labute approximate surface area is 131 Å². The molecule has 1 atom stereocenters. The standard InChI is InChI=1S/C17H22ClN3/c1-3-21(12-16-6-4-5-9-20-16)17-11-15(18)8-7-14(17)10-13(2)19/h4-9,11,13H,3,10,12,19H2,1-2H3. The van der Waals surface area contributed by atoms with Gasteiger partial charge in [-0.2, -0.15) is 0 Å². The van der Waals surface area contributed by atoms with Crippen molar-refractivity contribution in [1.29, 1.82) is 0 Å². The Bertz CT molecular complexity index is 570. The quantitative estimate of drug-likeness (QED) is 0.885. The van der Waals surface area contributed by atoms with Gasteiger partial charge in [0.25, 0.3) is 0 Å². The first-order valence-electron chi connectivity index (χ1n) is 7.29. The molecule has 2 aromatic rings. The summed E-state index contributed by atoms with van der Waals surface area (Å²) in [4.78, 5) is 6.69. The van der Waals surface area contributed by atoms with Gasteiger partial charge in [-0.05, 0) is 50.1 Å². The monoisotopic (exact) mass is 303 g/mol. The van der Waals surface area contributed by atoms with E-state index in [-0.39, 0.29) is 6.04 Å². The SMILES string of the molecule is CCN(Cc1ccccn1)c1cc(Cl)ccc1CC(C)N. The molecule has 1 aromatic carbocycles. The van der Waals surface area contributed by atoms with Crippen LogP contribution in [-0.4, -0.2) is 17.6 Å². The lowest BCUT2D eigenvalue weighted by Gasteiger charge is -2.26. The molecule has 1 unspecified atom stereocenters. The fourth-order valence-electron chi connectivity index (χ4n) is 2.41. The normalized spacial score (nSPS) is 12.2. The van der Waals surface area contributed by atoms with Crippen LogP contribution in [0.5, 0.6) is 0 Å². The molecule has 3 nitrogen and oxygen atoms in total. The van der Waals surface area contributed by atoms with Crippen molar-refractivity contribution in [3.8, 4) is 0 Å². The zero-order valence-electron chi connectivity index (χ0n) is 12.6. The second-order valence-corrected chi connectivity index (χ2v) is 5.73. The van der Waals surface area contributed by atoms with Crippen LogP contribution in [0, 0.1) is 0 Å². The summed E-state index contributed by atoms with van der Waals surface area (Å²) in [7, 11) is 0. The topological polar surface area (TPSA) is 42.2 Å². The van der Waals surface area contributed by atoms with E-state index in [1.54, 1.807) is 0 Å². The molecular formula is C17H22ClN3. The van der Waals surface area contributed by atoms with E-state index in [1.165, 1.54) is 5.56 Å². The van der Waals surface area contributed by atoms with E-state index in [9.17, 15) is 0 Å². The van der Waals surface area contributed by atoms with Gasteiger partial charge in [0.2, 0.25) is 0 Å². The number of anilines is 1. The smallest absolute Gasteiger partial charge is 0.0602 e. The lowest BCUT2D eigenvalue weighted by Crippen LogP contribution is -2.26. The summed E-state index contributed by atoms with van der Waals surface area (Å²) in [5, 5.41) is 0.748. The van der Waals surface area contributed by atoms with E-state index < -0.39 is 0 Å². The third-order valence-electron chi connectivity index (χ3n) is 3.39. The Morgan fingerprint density at radius 2 is 2.10 bits per heavy atom. The predicted octanol–water partition coefficient (Wildman–Crippen LogP) is 3.65. The third-order valence-corrected chi connectivity index (χ3v) is 3.63. The van der Waals surface area contributed by atoms with Gasteiger partial charge in [-0.3, -0.25) is 4.98 Å². The highest BCUT2D eigenvalue weighted by Gasteiger charge is 2.13. The molecule has 0 bridgehead atoms. The second-order valence-electron chi connectivity index (χ2n) is 5.29. The number of halogens is 1. The van der Waals surface area contributed by atoms with Crippen LogP contribution >= 0.6 is 11.6 Å². The number of nitrogens with two attached hydrogens (primary N) is 1. The Balaban J connectivity index is 2.30. The van der Waals surface area contributed by atoms with Crippen LogP contribution in [0.1, 0.15) is 25.1 Å². The molecule has 0 radical (unpaired) electrons. The van der Waals surface area contributed by atoms with E-state index in [0.29, 0.717) is 0 Å². The summed E-state index contributed by atoms with van der Waals surface area (Å²) in [6, 6.07) is 12.1. The number of rotatable bonds is 6. The van der Waals surface area contributed by atoms with Gasteiger partial charge in [-0.15, -0.1) is 0 Å². The highest BCUT2D eigenvalue weighted by Crippen LogP contribution is 2.27. The fourth-order valence-corrected chi connectivity index (χ4v) is 2.57. The van der Waals surface area contributed by atoms with Crippen LogP contribution in [-0.2, 0) is 13.0 Å². The van der Waals surface area contributed by atoms with Crippen molar-refractivity contribution in [2.24, 2.45) is 5.73 Å². The van der Waals surface area contributed by atoms with Gasteiger partial charge < -0.3 is 10.6 Å². The van der Waals surface area contributed by atoms with Crippen molar-refractivity contribution in [2.45, 2.75) is 32.9 Å². The van der Waals surface area contributed by atoms with E-state index in [4.69, 9.17) is 17.3 Å². The van der Waals surface area contributed by atoms with Crippen LogP contribution in [0.3, 0.4) is 0 Å². The zero-order chi connectivity index (χ0) is 15.2. The summed E-state index contributed by atoms with van der Waals surface area (Å²) in [6.07, 6.45) is 2.66. The molecular weight excluding hydrogens is 282 g/mol. The van der Waals surface area contributed by atoms with Gasteiger partial charge in [0.15, 0.2) is 0 Å². The first kappa shape index (κ1) is 15.8. The minimum Gasteiger partial charge on any atom is -0.366 e. The van der Waals surface area contributed by atoms with Gasteiger partial charge >= 0.3 is 0 Å². The van der Waals surface area contributed by atoms with E-state index >= 15 is 0 Å². The molecule has 2 N–H and O–H groups in total. The highest BCUT2D eigenvalue weighted by atomic mass is 35.5. The van der Waals surface area contributed by atoms with Crippen molar-refractivity contribution in [3.05, 3.63) is 58.9 Å². The average Bonchev–Trinajstić information content (AvgIpc) is 2.47. The molecule has 2 rings (SSSR count).